The summed E-state index contributed by atoms with van der Waals surface area (Å²) in [6.45, 7) is 2.35. The zero-order valence-corrected chi connectivity index (χ0v) is 18.1. The summed E-state index contributed by atoms with van der Waals surface area (Å²) < 4.78 is 7.08. The van der Waals surface area contributed by atoms with Gasteiger partial charge in [0, 0.05) is 36.7 Å². The molecule has 8 heteroatoms. The predicted molar refractivity (Wildman–Crippen MR) is 118 cm³/mol. The van der Waals surface area contributed by atoms with Crippen LogP contribution in [0.3, 0.4) is 0 Å². The van der Waals surface area contributed by atoms with Crippen LogP contribution in [0.1, 0.15) is 19.3 Å². The lowest BCUT2D eigenvalue weighted by atomic mass is 10.0. The first-order valence-corrected chi connectivity index (χ1v) is 11.0. The van der Waals surface area contributed by atoms with Gasteiger partial charge in [-0.05, 0) is 59.4 Å². The number of likely N-dealkylation sites (tertiary alicyclic amines) is 1. The number of rotatable bonds is 6. The monoisotopic (exact) mass is 437 g/mol. The second-order valence-corrected chi connectivity index (χ2v) is 8.73. The molecule has 1 aromatic heterocycles. The summed E-state index contributed by atoms with van der Waals surface area (Å²) in [6, 6.07) is 13.7. The molecule has 160 valence electrons. The van der Waals surface area contributed by atoms with Crippen LogP contribution < -0.4 is 4.74 Å². The minimum absolute atomic E-state index is 0.278. The highest BCUT2D eigenvalue weighted by Crippen LogP contribution is 2.34. The molecule has 2 aromatic carbocycles. The first-order chi connectivity index (χ1) is 15.1. The fourth-order valence-corrected chi connectivity index (χ4v) is 4.48. The fraction of sp³-hybridized carbons (Fsp3) is 0.391. The van der Waals surface area contributed by atoms with Gasteiger partial charge >= 0.3 is 0 Å². The molecule has 1 amide bonds. The van der Waals surface area contributed by atoms with E-state index in [9.17, 15) is 4.79 Å². The highest BCUT2D eigenvalue weighted by Gasteiger charge is 2.36. The van der Waals surface area contributed by atoms with E-state index in [1.165, 1.54) is 0 Å². The van der Waals surface area contributed by atoms with Gasteiger partial charge in [0.2, 0.25) is 5.91 Å². The Morgan fingerprint density at radius 3 is 2.61 bits per heavy atom. The standard InChI is InChI=1S/C23H24ClN5O2/c1-31-19-8-9-20(21(24)12-19)16-2-4-17(5-3-16)22-25-26-27-29(22)14-15-10-11-28(13-15)23(30)18-6-7-18/h2-5,8-9,12,15,18H,6-7,10-11,13-14H2,1H3/t15-/m1/s1. The molecule has 1 aliphatic heterocycles. The van der Waals surface area contributed by atoms with Crippen molar-refractivity contribution < 1.29 is 9.53 Å². The normalized spacial score (nSPS) is 18.4. The SMILES string of the molecule is COc1ccc(-c2ccc(-c3nnnn3C[C@@H]3CCN(C(=O)C4CC4)C3)cc2)c(Cl)c1. The zero-order valence-electron chi connectivity index (χ0n) is 17.4. The summed E-state index contributed by atoms with van der Waals surface area (Å²) >= 11 is 6.42. The van der Waals surface area contributed by atoms with E-state index in [4.69, 9.17) is 16.3 Å². The molecule has 1 atom stereocenters. The molecule has 3 aromatic rings. The smallest absolute Gasteiger partial charge is 0.225 e. The minimum atomic E-state index is 0.278. The summed E-state index contributed by atoms with van der Waals surface area (Å²) in [5.41, 5.74) is 2.91. The van der Waals surface area contributed by atoms with Crippen LogP contribution in [0.4, 0.5) is 0 Å². The van der Waals surface area contributed by atoms with E-state index < -0.39 is 0 Å². The van der Waals surface area contributed by atoms with Crippen LogP contribution in [0, 0.1) is 11.8 Å². The van der Waals surface area contributed by atoms with Gasteiger partial charge in [-0.15, -0.1) is 5.10 Å². The van der Waals surface area contributed by atoms with Crippen molar-refractivity contribution in [1.29, 1.82) is 0 Å². The number of methoxy groups -OCH3 is 1. The van der Waals surface area contributed by atoms with Crippen LogP contribution in [0.5, 0.6) is 5.75 Å². The zero-order chi connectivity index (χ0) is 21.4. The first kappa shape index (κ1) is 20.0. The Morgan fingerprint density at radius 2 is 1.90 bits per heavy atom. The molecule has 2 heterocycles. The van der Waals surface area contributed by atoms with Crippen molar-refractivity contribution in [3.05, 3.63) is 47.5 Å². The van der Waals surface area contributed by atoms with Crippen molar-refractivity contribution in [2.45, 2.75) is 25.8 Å². The quantitative estimate of drug-likeness (QED) is 0.584. The molecule has 31 heavy (non-hydrogen) atoms. The summed E-state index contributed by atoms with van der Waals surface area (Å²) in [5, 5.41) is 13.0. The van der Waals surface area contributed by atoms with E-state index in [2.05, 4.69) is 15.5 Å². The molecule has 0 unspecified atom stereocenters. The number of ether oxygens (including phenoxy) is 1. The largest absolute Gasteiger partial charge is 0.497 e. The van der Waals surface area contributed by atoms with Crippen LogP contribution in [0.15, 0.2) is 42.5 Å². The molecule has 0 N–H and O–H groups in total. The van der Waals surface area contributed by atoms with Crippen molar-refractivity contribution in [2.75, 3.05) is 20.2 Å². The van der Waals surface area contributed by atoms with Gasteiger partial charge in [-0.2, -0.15) is 0 Å². The maximum atomic E-state index is 12.3. The van der Waals surface area contributed by atoms with E-state index in [0.717, 1.165) is 60.6 Å². The molecule has 2 fully saturated rings. The van der Waals surface area contributed by atoms with Crippen molar-refractivity contribution in [1.82, 2.24) is 25.1 Å². The molecule has 0 spiro atoms. The summed E-state index contributed by atoms with van der Waals surface area (Å²) in [5.74, 6) is 2.45. The molecular weight excluding hydrogens is 414 g/mol. The molecule has 5 rings (SSSR count). The van der Waals surface area contributed by atoms with Crippen LogP contribution in [0.25, 0.3) is 22.5 Å². The Labute approximate surface area is 186 Å². The molecule has 0 radical (unpaired) electrons. The Kier molecular flexibility index (Phi) is 5.36. The molecule has 2 aliphatic rings. The average Bonchev–Trinajstić information content (AvgIpc) is 3.37. The lowest BCUT2D eigenvalue weighted by Gasteiger charge is -2.16. The average molecular weight is 438 g/mol. The fourth-order valence-electron chi connectivity index (χ4n) is 4.21. The van der Waals surface area contributed by atoms with E-state index in [1.54, 1.807) is 7.11 Å². The number of nitrogens with zero attached hydrogens (tertiary/aromatic N) is 5. The Morgan fingerprint density at radius 1 is 1.13 bits per heavy atom. The van der Waals surface area contributed by atoms with E-state index in [-0.39, 0.29) is 5.92 Å². The highest BCUT2D eigenvalue weighted by molar-refractivity contribution is 6.33. The topological polar surface area (TPSA) is 73.1 Å². The van der Waals surface area contributed by atoms with E-state index in [0.29, 0.717) is 23.4 Å². The molecule has 1 saturated heterocycles. The summed E-state index contributed by atoms with van der Waals surface area (Å²) in [7, 11) is 1.62. The second-order valence-electron chi connectivity index (χ2n) is 8.32. The number of tetrazole rings is 1. The first-order valence-electron chi connectivity index (χ1n) is 10.6. The predicted octanol–water partition coefficient (Wildman–Crippen LogP) is 3.93. The number of halogens is 1. The summed E-state index contributed by atoms with van der Waals surface area (Å²) in [6.07, 6.45) is 3.09. The van der Waals surface area contributed by atoms with Crippen molar-refractivity contribution in [3.63, 3.8) is 0 Å². The van der Waals surface area contributed by atoms with Gasteiger partial charge in [0.05, 0.1) is 12.1 Å². The van der Waals surface area contributed by atoms with Crippen LogP contribution >= 0.6 is 11.6 Å². The third-order valence-corrected chi connectivity index (χ3v) is 6.43. The molecule has 1 aliphatic carbocycles. The number of hydrogen-bond acceptors (Lipinski definition) is 5. The van der Waals surface area contributed by atoms with Crippen LogP contribution in [-0.4, -0.2) is 51.2 Å². The lowest BCUT2D eigenvalue weighted by Crippen LogP contribution is -2.30. The maximum Gasteiger partial charge on any atom is 0.225 e. The van der Waals surface area contributed by atoms with Gasteiger partial charge in [0.1, 0.15) is 5.75 Å². The molecular formula is C23H24ClN5O2. The van der Waals surface area contributed by atoms with Gasteiger partial charge in [-0.1, -0.05) is 35.9 Å². The third kappa shape index (κ3) is 4.14. The van der Waals surface area contributed by atoms with Crippen molar-refractivity contribution >= 4 is 17.5 Å². The third-order valence-electron chi connectivity index (χ3n) is 6.12. The number of amides is 1. The minimum Gasteiger partial charge on any atom is -0.497 e. The van der Waals surface area contributed by atoms with Gasteiger partial charge in [0.15, 0.2) is 5.82 Å². The van der Waals surface area contributed by atoms with Gasteiger partial charge in [-0.3, -0.25) is 4.79 Å². The van der Waals surface area contributed by atoms with Gasteiger partial charge in [0.25, 0.3) is 0 Å². The highest BCUT2D eigenvalue weighted by atomic mass is 35.5. The number of benzene rings is 2. The van der Waals surface area contributed by atoms with E-state index in [1.807, 2.05) is 52.0 Å². The Bertz CT molecular complexity index is 1090. The van der Waals surface area contributed by atoms with Gasteiger partial charge in [-0.25, -0.2) is 4.68 Å². The number of carbonyl (C=O) groups excluding carboxylic acids is 1. The van der Waals surface area contributed by atoms with E-state index >= 15 is 0 Å². The lowest BCUT2D eigenvalue weighted by molar-refractivity contribution is -0.131. The number of aromatic nitrogens is 4. The molecule has 0 bridgehead atoms. The Balaban J connectivity index is 1.30. The Hall–Kier alpha value is -2.93. The maximum absolute atomic E-state index is 12.3. The second kappa shape index (κ2) is 8.30. The van der Waals surface area contributed by atoms with Crippen LogP contribution in [-0.2, 0) is 11.3 Å². The number of hydrogen-bond donors (Lipinski definition) is 0. The van der Waals surface area contributed by atoms with Crippen LogP contribution in [0.2, 0.25) is 5.02 Å². The molecule has 1 saturated carbocycles. The molecule has 7 nitrogen and oxygen atoms in total. The summed E-state index contributed by atoms with van der Waals surface area (Å²) in [4.78, 5) is 14.3. The van der Waals surface area contributed by atoms with Crippen molar-refractivity contribution in [2.24, 2.45) is 11.8 Å². The number of carbonyl (C=O) groups is 1. The van der Waals surface area contributed by atoms with Crippen molar-refractivity contribution in [3.8, 4) is 28.3 Å². The van der Waals surface area contributed by atoms with Gasteiger partial charge < -0.3 is 9.64 Å².